The highest BCUT2D eigenvalue weighted by molar-refractivity contribution is 7.08. The predicted molar refractivity (Wildman–Crippen MR) is 97.1 cm³/mol. The molecule has 0 atom stereocenters. The molecule has 0 spiro atoms. The highest BCUT2D eigenvalue weighted by atomic mass is 32.1. The van der Waals surface area contributed by atoms with Gasteiger partial charge in [0.05, 0.1) is 13.5 Å². The van der Waals surface area contributed by atoms with E-state index < -0.39 is 11.9 Å². The lowest BCUT2D eigenvalue weighted by Gasteiger charge is -2.10. The standard InChI is InChI=1S/C18H20N2O5S/c1-24-15-5-3-2-4-13(15)10-20-16(21)11-25-17(22)6-8-19-18(23)14-7-9-26-12-14/h2-5,7,9,12H,6,8,10-11H2,1H3,(H,19,23)(H,20,21). The minimum absolute atomic E-state index is 0.00430. The number of rotatable bonds is 9. The summed E-state index contributed by atoms with van der Waals surface area (Å²) in [4.78, 5) is 35.1. The van der Waals surface area contributed by atoms with E-state index in [1.807, 2.05) is 18.2 Å². The Morgan fingerprint density at radius 1 is 1.12 bits per heavy atom. The number of thiophene rings is 1. The summed E-state index contributed by atoms with van der Waals surface area (Å²) in [5.41, 5.74) is 1.38. The first-order valence-corrected chi connectivity index (χ1v) is 8.89. The van der Waals surface area contributed by atoms with Crippen LogP contribution in [0.1, 0.15) is 22.3 Å². The Balaban J connectivity index is 1.62. The fourth-order valence-electron chi connectivity index (χ4n) is 2.09. The molecule has 1 aromatic carbocycles. The van der Waals surface area contributed by atoms with Gasteiger partial charge in [0.15, 0.2) is 6.61 Å². The Morgan fingerprint density at radius 3 is 2.65 bits per heavy atom. The van der Waals surface area contributed by atoms with Crippen LogP contribution in [0.25, 0.3) is 0 Å². The van der Waals surface area contributed by atoms with Gasteiger partial charge in [-0.2, -0.15) is 11.3 Å². The number of nitrogens with one attached hydrogen (secondary N) is 2. The van der Waals surface area contributed by atoms with Crippen LogP contribution < -0.4 is 15.4 Å². The van der Waals surface area contributed by atoms with Gasteiger partial charge in [-0.3, -0.25) is 14.4 Å². The van der Waals surface area contributed by atoms with Crippen LogP contribution in [-0.2, 0) is 20.9 Å². The molecule has 7 nitrogen and oxygen atoms in total. The van der Waals surface area contributed by atoms with E-state index in [-0.39, 0.29) is 32.0 Å². The first-order chi connectivity index (χ1) is 12.6. The molecular weight excluding hydrogens is 356 g/mol. The molecule has 0 aliphatic carbocycles. The highest BCUT2D eigenvalue weighted by Crippen LogP contribution is 2.16. The number of carbonyl (C=O) groups excluding carboxylic acids is 3. The number of esters is 1. The summed E-state index contributed by atoms with van der Waals surface area (Å²) in [5.74, 6) is -0.533. The molecule has 0 fully saturated rings. The number of ether oxygens (including phenoxy) is 2. The van der Waals surface area contributed by atoms with Crippen molar-refractivity contribution in [1.82, 2.24) is 10.6 Å². The number of hydrogen-bond acceptors (Lipinski definition) is 6. The van der Waals surface area contributed by atoms with Gasteiger partial charge in [-0.1, -0.05) is 18.2 Å². The van der Waals surface area contributed by atoms with Crippen molar-refractivity contribution >= 4 is 29.1 Å². The molecule has 2 rings (SSSR count). The molecule has 1 aromatic heterocycles. The Bertz CT molecular complexity index is 746. The molecule has 0 bridgehead atoms. The zero-order valence-electron chi connectivity index (χ0n) is 14.3. The van der Waals surface area contributed by atoms with Gasteiger partial charge in [-0.25, -0.2) is 0 Å². The van der Waals surface area contributed by atoms with Crippen LogP contribution >= 0.6 is 11.3 Å². The average molecular weight is 376 g/mol. The number of amides is 2. The van der Waals surface area contributed by atoms with Crippen molar-refractivity contribution in [1.29, 1.82) is 0 Å². The molecule has 0 aliphatic heterocycles. The summed E-state index contributed by atoms with van der Waals surface area (Å²) in [6.45, 7) is 0.0555. The van der Waals surface area contributed by atoms with Crippen LogP contribution in [-0.4, -0.2) is 38.0 Å². The van der Waals surface area contributed by atoms with Gasteiger partial charge >= 0.3 is 5.97 Å². The van der Waals surface area contributed by atoms with E-state index in [0.717, 1.165) is 5.56 Å². The summed E-state index contributed by atoms with van der Waals surface area (Å²) in [6.07, 6.45) is -0.00430. The van der Waals surface area contributed by atoms with Crippen LogP contribution in [0.2, 0.25) is 0 Å². The second-order valence-corrected chi connectivity index (χ2v) is 6.05. The van der Waals surface area contributed by atoms with Crippen molar-refractivity contribution in [3.8, 4) is 5.75 Å². The lowest BCUT2D eigenvalue weighted by Crippen LogP contribution is -2.30. The minimum Gasteiger partial charge on any atom is -0.496 e. The van der Waals surface area contributed by atoms with Crippen LogP contribution in [0, 0.1) is 0 Å². The fourth-order valence-corrected chi connectivity index (χ4v) is 2.72. The van der Waals surface area contributed by atoms with Gasteiger partial charge in [-0.05, 0) is 17.5 Å². The maximum atomic E-state index is 11.8. The van der Waals surface area contributed by atoms with E-state index in [4.69, 9.17) is 9.47 Å². The zero-order valence-corrected chi connectivity index (χ0v) is 15.1. The minimum atomic E-state index is -0.553. The third-order valence-electron chi connectivity index (χ3n) is 3.43. The molecule has 8 heteroatoms. The van der Waals surface area contributed by atoms with Crippen molar-refractivity contribution in [2.45, 2.75) is 13.0 Å². The Labute approximate surface area is 155 Å². The lowest BCUT2D eigenvalue weighted by molar-refractivity contribution is -0.148. The molecular formula is C18H20N2O5S. The van der Waals surface area contributed by atoms with Crippen molar-refractivity contribution < 1.29 is 23.9 Å². The molecule has 26 heavy (non-hydrogen) atoms. The summed E-state index contributed by atoms with van der Waals surface area (Å²) in [7, 11) is 1.56. The van der Waals surface area contributed by atoms with Crippen LogP contribution in [0.15, 0.2) is 41.1 Å². The predicted octanol–water partition coefficient (Wildman–Crippen LogP) is 1.74. The zero-order chi connectivity index (χ0) is 18.8. The second-order valence-electron chi connectivity index (χ2n) is 5.27. The Hall–Kier alpha value is -2.87. The molecule has 0 saturated carbocycles. The van der Waals surface area contributed by atoms with Crippen LogP contribution in [0.4, 0.5) is 0 Å². The van der Waals surface area contributed by atoms with E-state index >= 15 is 0 Å². The number of hydrogen-bond donors (Lipinski definition) is 2. The monoisotopic (exact) mass is 376 g/mol. The highest BCUT2D eigenvalue weighted by Gasteiger charge is 2.10. The lowest BCUT2D eigenvalue weighted by atomic mass is 10.2. The third-order valence-corrected chi connectivity index (χ3v) is 4.11. The number of benzene rings is 1. The first-order valence-electron chi connectivity index (χ1n) is 7.94. The van der Waals surface area contributed by atoms with Crippen molar-refractivity contribution in [3.05, 3.63) is 52.2 Å². The van der Waals surface area contributed by atoms with Gasteiger partial charge in [0.2, 0.25) is 0 Å². The fraction of sp³-hybridized carbons (Fsp3) is 0.278. The van der Waals surface area contributed by atoms with Gasteiger partial charge < -0.3 is 20.1 Å². The van der Waals surface area contributed by atoms with Crippen LogP contribution in [0.5, 0.6) is 5.75 Å². The molecule has 138 valence electrons. The maximum Gasteiger partial charge on any atom is 0.308 e. The molecule has 1 heterocycles. The molecule has 2 aromatic rings. The summed E-state index contributed by atoms with van der Waals surface area (Å²) in [5, 5.41) is 8.79. The summed E-state index contributed by atoms with van der Waals surface area (Å²) < 4.78 is 10.1. The van der Waals surface area contributed by atoms with Gasteiger partial charge in [-0.15, -0.1) is 0 Å². The van der Waals surface area contributed by atoms with Gasteiger partial charge in [0.25, 0.3) is 11.8 Å². The molecule has 2 N–H and O–H groups in total. The average Bonchev–Trinajstić information content (AvgIpc) is 3.19. The molecule has 0 aliphatic rings. The molecule has 0 unspecified atom stereocenters. The van der Waals surface area contributed by atoms with E-state index in [0.29, 0.717) is 11.3 Å². The quantitative estimate of drug-likeness (QED) is 0.650. The number of para-hydroxylation sites is 1. The van der Waals surface area contributed by atoms with Crippen LogP contribution in [0.3, 0.4) is 0 Å². The Morgan fingerprint density at radius 2 is 1.92 bits per heavy atom. The van der Waals surface area contributed by atoms with Crippen molar-refractivity contribution in [2.24, 2.45) is 0 Å². The summed E-state index contributed by atoms with van der Waals surface area (Å²) in [6, 6.07) is 9.01. The van der Waals surface area contributed by atoms with E-state index in [1.54, 1.807) is 30.0 Å². The first kappa shape index (κ1) is 19.5. The number of methoxy groups -OCH3 is 1. The molecule has 0 radical (unpaired) electrons. The number of carbonyl (C=O) groups is 3. The smallest absolute Gasteiger partial charge is 0.308 e. The molecule has 2 amide bonds. The largest absolute Gasteiger partial charge is 0.496 e. The third kappa shape index (κ3) is 6.21. The Kier molecular flexibility index (Phi) is 7.63. The van der Waals surface area contributed by atoms with Gasteiger partial charge in [0.1, 0.15) is 5.75 Å². The molecule has 0 saturated heterocycles. The van der Waals surface area contributed by atoms with Gasteiger partial charge in [0, 0.05) is 29.6 Å². The van der Waals surface area contributed by atoms with E-state index in [2.05, 4.69) is 10.6 Å². The maximum absolute atomic E-state index is 11.8. The van der Waals surface area contributed by atoms with Crippen molar-refractivity contribution in [2.75, 3.05) is 20.3 Å². The normalized spacial score (nSPS) is 10.0. The summed E-state index contributed by atoms with van der Waals surface area (Å²) >= 11 is 1.42. The second kappa shape index (κ2) is 10.2. The van der Waals surface area contributed by atoms with E-state index in [9.17, 15) is 14.4 Å². The topological polar surface area (TPSA) is 93.7 Å². The SMILES string of the molecule is COc1ccccc1CNC(=O)COC(=O)CCNC(=O)c1ccsc1. The van der Waals surface area contributed by atoms with Crippen molar-refractivity contribution in [3.63, 3.8) is 0 Å². The van der Waals surface area contributed by atoms with E-state index in [1.165, 1.54) is 11.3 Å².